The summed E-state index contributed by atoms with van der Waals surface area (Å²) < 4.78 is 0. The fourth-order valence-electron chi connectivity index (χ4n) is 2.97. The Morgan fingerprint density at radius 1 is 1.14 bits per heavy atom. The molecule has 2 N–H and O–H groups in total. The van der Waals surface area contributed by atoms with Crippen LogP contribution in [-0.4, -0.2) is 28.1 Å². The van der Waals surface area contributed by atoms with E-state index < -0.39 is 18.0 Å². The quantitative estimate of drug-likeness (QED) is 0.650. The number of carbonyl (C=O) groups is 2. The molecule has 1 saturated carbocycles. The minimum atomic E-state index is -0.935. The standard InChI is InChI=1S/C17H30O4/c1-10(2)15(18)7-5-11(3)14-9-13(14)6-8-16(19)12(4)17(20)21/h10-14,16,19H,5-9H2,1-4H3,(H,20,21)/t11-,12+,13-,14+,16+/m0/s1. The number of carboxylic acid groups (broad SMARTS) is 1. The second-order valence-electron chi connectivity index (χ2n) is 7.07. The zero-order valence-electron chi connectivity index (χ0n) is 13.7. The number of hydrogen-bond donors (Lipinski definition) is 2. The molecule has 0 heterocycles. The van der Waals surface area contributed by atoms with Crippen molar-refractivity contribution in [1.29, 1.82) is 0 Å². The lowest BCUT2D eigenvalue weighted by molar-refractivity contribution is -0.145. The van der Waals surface area contributed by atoms with Gasteiger partial charge in [-0.2, -0.15) is 0 Å². The van der Waals surface area contributed by atoms with Crippen LogP contribution in [0.4, 0.5) is 0 Å². The fourth-order valence-corrected chi connectivity index (χ4v) is 2.97. The minimum Gasteiger partial charge on any atom is -0.481 e. The largest absolute Gasteiger partial charge is 0.481 e. The summed E-state index contributed by atoms with van der Waals surface area (Å²) in [5.41, 5.74) is 0. The highest BCUT2D eigenvalue weighted by molar-refractivity contribution is 5.80. The van der Waals surface area contributed by atoms with Gasteiger partial charge in [0.05, 0.1) is 12.0 Å². The Balaban J connectivity index is 2.21. The van der Waals surface area contributed by atoms with Crippen LogP contribution in [0.25, 0.3) is 0 Å². The first-order valence-corrected chi connectivity index (χ1v) is 8.17. The van der Waals surface area contributed by atoms with E-state index in [9.17, 15) is 14.7 Å². The molecule has 0 aliphatic heterocycles. The molecular weight excluding hydrogens is 268 g/mol. The maximum Gasteiger partial charge on any atom is 0.308 e. The number of Topliss-reactive ketones (excluding diaryl/α,β-unsaturated/α-hetero) is 1. The highest BCUT2D eigenvalue weighted by Gasteiger charge is 2.40. The maximum atomic E-state index is 11.6. The molecular formula is C17H30O4. The number of aliphatic hydroxyl groups is 1. The Hall–Kier alpha value is -0.900. The monoisotopic (exact) mass is 298 g/mol. The first-order valence-electron chi connectivity index (χ1n) is 8.17. The van der Waals surface area contributed by atoms with E-state index in [0.717, 1.165) is 19.3 Å². The smallest absolute Gasteiger partial charge is 0.308 e. The van der Waals surface area contributed by atoms with Crippen molar-refractivity contribution in [3.8, 4) is 0 Å². The van der Waals surface area contributed by atoms with Crippen molar-refractivity contribution in [3.05, 3.63) is 0 Å². The predicted octanol–water partition coefficient (Wildman–Crippen LogP) is 3.13. The van der Waals surface area contributed by atoms with Gasteiger partial charge in [-0.25, -0.2) is 0 Å². The zero-order chi connectivity index (χ0) is 16.2. The van der Waals surface area contributed by atoms with Crippen LogP contribution in [0.2, 0.25) is 0 Å². The summed E-state index contributed by atoms with van der Waals surface area (Å²) in [7, 11) is 0. The van der Waals surface area contributed by atoms with E-state index in [0.29, 0.717) is 36.4 Å². The van der Waals surface area contributed by atoms with Crippen molar-refractivity contribution in [2.24, 2.45) is 29.6 Å². The van der Waals surface area contributed by atoms with Crippen molar-refractivity contribution < 1.29 is 19.8 Å². The molecule has 0 aromatic carbocycles. The van der Waals surface area contributed by atoms with Crippen LogP contribution in [0.1, 0.15) is 59.8 Å². The fraction of sp³-hybridized carbons (Fsp3) is 0.882. The SMILES string of the molecule is CC(C)C(=O)CC[C@H](C)[C@H]1C[C@@H]1CC[C@@H](O)[C@@H](C)C(=O)O. The average Bonchev–Trinajstić information content (AvgIpc) is 3.20. The van der Waals surface area contributed by atoms with Gasteiger partial charge in [-0.1, -0.05) is 20.8 Å². The van der Waals surface area contributed by atoms with Crippen molar-refractivity contribution in [2.75, 3.05) is 0 Å². The van der Waals surface area contributed by atoms with Gasteiger partial charge >= 0.3 is 5.97 Å². The van der Waals surface area contributed by atoms with E-state index in [1.807, 2.05) is 13.8 Å². The second kappa shape index (κ2) is 7.92. The number of carboxylic acids is 1. The summed E-state index contributed by atoms with van der Waals surface area (Å²) in [6.45, 7) is 7.64. The van der Waals surface area contributed by atoms with Gasteiger partial charge in [0.25, 0.3) is 0 Å². The van der Waals surface area contributed by atoms with Crippen LogP contribution < -0.4 is 0 Å². The van der Waals surface area contributed by atoms with E-state index >= 15 is 0 Å². The van der Waals surface area contributed by atoms with Gasteiger partial charge in [-0.05, 0) is 50.4 Å². The van der Waals surface area contributed by atoms with E-state index in [1.54, 1.807) is 6.92 Å². The lowest BCUT2D eigenvalue weighted by Crippen LogP contribution is -2.25. The molecule has 0 aromatic heterocycles. The lowest BCUT2D eigenvalue weighted by atomic mass is 9.93. The number of aliphatic carboxylic acids is 1. The molecule has 0 radical (unpaired) electrons. The Bertz CT molecular complexity index is 364. The van der Waals surface area contributed by atoms with Crippen molar-refractivity contribution >= 4 is 11.8 Å². The molecule has 4 heteroatoms. The third-order valence-corrected chi connectivity index (χ3v) is 5.00. The molecule has 1 rings (SSSR count). The predicted molar refractivity (Wildman–Crippen MR) is 81.9 cm³/mol. The van der Waals surface area contributed by atoms with Crippen LogP contribution in [0.3, 0.4) is 0 Å². The molecule has 21 heavy (non-hydrogen) atoms. The average molecular weight is 298 g/mol. The summed E-state index contributed by atoms with van der Waals surface area (Å²) in [5, 5.41) is 18.6. The highest BCUT2D eigenvalue weighted by Crippen LogP contribution is 2.48. The van der Waals surface area contributed by atoms with Crippen molar-refractivity contribution in [1.82, 2.24) is 0 Å². The Labute approximate surface area is 127 Å². The molecule has 0 unspecified atom stereocenters. The van der Waals surface area contributed by atoms with Gasteiger partial charge in [0, 0.05) is 12.3 Å². The highest BCUT2D eigenvalue weighted by atomic mass is 16.4. The van der Waals surface area contributed by atoms with E-state index in [2.05, 4.69) is 6.92 Å². The Kier molecular flexibility index (Phi) is 6.85. The lowest BCUT2D eigenvalue weighted by Gasteiger charge is -2.15. The second-order valence-corrected chi connectivity index (χ2v) is 7.07. The van der Waals surface area contributed by atoms with E-state index in [4.69, 9.17) is 5.11 Å². The number of carbonyl (C=O) groups excluding carboxylic acids is 1. The first-order chi connectivity index (χ1) is 9.73. The van der Waals surface area contributed by atoms with Gasteiger partial charge < -0.3 is 10.2 Å². The summed E-state index contributed by atoms with van der Waals surface area (Å²) >= 11 is 0. The number of hydrogen-bond acceptors (Lipinski definition) is 3. The maximum absolute atomic E-state index is 11.6. The number of ketones is 1. The molecule has 0 bridgehead atoms. The van der Waals surface area contributed by atoms with Gasteiger partial charge in [-0.15, -0.1) is 0 Å². The van der Waals surface area contributed by atoms with Crippen molar-refractivity contribution in [3.63, 3.8) is 0 Å². The molecule has 1 aliphatic carbocycles. The number of aliphatic hydroxyl groups excluding tert-OH is 1. The summed E-state index contributed by atoms with van der Waals surface area (Å²) in [5.74, 6) is 0.636. The van der Waals surface area contributed by atoms with Crippen LogP contribution in [0.15, 0.2) is 0 Å². The molecule has 1 aliphatic rings. The molecule has 5 atom stereocenters. The van der Waals surface area contributed by atoms with Crippen molar-refractivity contribution in [2.45, 2.75) is 65.9 Å². The molecule has 122 valence electrons. The number of rotatable bonds is 10. The van der Waals surface area contributed by atoms with Gasteiger partial charge in [-0.3, -0.25) is 9.59 Å². The first kappa shape index (κ1) is 18.1. The Morgan fingerprint density at radius 2 is 1.76 bits per heavy atom. The van der Waals surface area contributed by atoms with Crippen LogP contribution in [0.5, 0.6) is 0 Å². The summed E-state index contributed by atoms with van der Waals surface area (Å²) in [4.78, 5) is 22.4. The van der Waals surface area contributed by atoms with E-state index in [1.165, 1.54) is 0 Å². The Morgan fingerprint density at radius 3 is 2.29 bits per heavy atom. The van der Waals surface area contributed by atoms with Gasteiger partial charge in [0.15, 0.2) is 0 Å². The molecule has 4 nitrogen and oxygen atoms in total. The minimum absolute atomic E-state index is 0.125. The molecule has 1 fully saturated rings. The molecule has 0 saturated heterocycles. The van der Waals surface area contributed by atoms with Gasteiger partial charge in [0.2, 0.25) is 0 Å². The van der Waals surface area contributed by atoms with Gasteiger partial charge in [0.1, 0.15) is 5.78 Å². The molecule has 0 spiro atoms. The van der Waals surface area contributed by atoms with E-state index in [-0.39, 0.29) is 5.92 Å². The topological polar surface area (TPSA) is 74.6 Å². The summed E-state index contributed by atoms with van der Waals surface area (Å²) in [6, 6.07) is 0. The normalized spacial score (nSPS) is 25.4. The zero-order valence-corrected chi connectivity index (χ0v) is 13.7. The van der Waals surface area contributed by atoms with Crippen LogP contribution >= 0.6 is 0 Å². The molecule has 0 aromatic rings. The van der Waals surface area contributed by atoms with Crippen LogP contribution in [0, 0.1) is 29.6 Å². The third kappa shape index (κ3) is 5.77. The summed E-state index contributed by atoms with van der Waals surface area (Å²) in [6.07, 6.45) is 3.48. The molecule has 0 amide bonds. The van der Waals surface area contributed by atoms with Crippen LogP contribution in [-0.2, 0) is 9.59 Å². The third-order valence-electron chi connectivity index (χ3n) is 5.00.